The van der Waals surface area contributed by atoms with E-state index in [1.807, 2.05) is 0 Å². The molecule has 0 spiro atoms. The van der Waals surface area contributed by atoms with Gasteiger partial charge in [0, 0.05) is 12.4 Å². The molecule has 3 N–H and O–H groups in total. The van der Waals surface area contributed by atoms with Crippen molar-refractivity contribution in [3.63, 3.8) is 0 Å². The second-order valence-corrected chi connectivity index (χ2v) is 4.12. The lowest BCUT2D eigenvalue weighted by Crippen LogP contribution is -2.16. The van der Waals surface area contributed by atoms with Crippen molar-refractivity contribution in [2.24, 2.45) is 0 Å². The minimum Gasteiger partial charge on any atom is -0.508 e. The number of aromatic nitrogens is 1. The van der Waals surface area contributed by atoms with E-state index in [-0.39, 0.29) is 29.3 Å². The second-order valence-electron chi connectivity index (χ2n) is 4.12. The number of aromatic hydroxyl groups is 1. The molecule has 2 aromatic rings. The summed E-state index contributed by atoms with van der Waals surface area (Å²) in [6.45, 7) is 0. The number of carbonyl (C=O) groups excluding carboxylic acids is 1. The second kappa shape index (κ2) is 5.83. The van der Waals surface area contributed by atoms with Crippen LogP contribution in [0.3, 0.4) is 0 Å². The molecule has 102 valence electrons. The largest absolute Gasteiger partial charge is 0.508 e. The van der Waals surface area contributed by atoms with Crippen molar-refractivity contribution in [3.05, 3.63) is 53.9 Å². The number of phenols is 1. The van der Waals surface area contributed by atoms with Crippen LogP contribution in [0.4, 0.5) is 5.69 Å². The maximum Gasteiger partial charge on any atom is 0.337 e. The standard InChI is InChI=1S/C14H12N2O4/c17-10-1-2-12(11(8-10)14(19)20)16-13(18)7-9-3-5-15-6-4-9/h1-6,8,17H,7H2,(H,16,18)(H,19,20). The van der Waals surface area contributed by atoms with Crippen LogP contribution in [0.25, 0.3) is 0 Å². The Morgan fingerprint density at radius 1 is 1.15 bits per heavy atom. The zero-order valence-corrected chi connectivity index (χ0v) is 10.4. The first-order valence-corrected chi connectivity index (χ1v) is 5.81. The fourth-order valence-electron chi connectivity index (χ4n) is 1.70. The summed E-state index contributed by atoms with van der Waals surface area (Å²) in [6, 6.07) is 7.16. The van der Waals surface area contributed by atoms with Crippen molar-refractivity contribution in [1.29, 1.82) is 0 Å². The molecule has 6 nitrogen and oxygen atoms in total. The molecule has 0 aliphatic carbocycles. The molecule has 1 aromatic carbocycles. The maximum atomic E-state index is 11.9. The molecular formula is C14H12N2O4. The van der Waals surface area contributed by atoms with E-state index in [9.17, 15) is 14.7 Å². The van der Waals surface area contributed by atoms with Gasteiger partial charge in [0.15, 0.2) is 0 Å². The highest BCUT2D eigenvalue weighted by atomic mass is 16.4. The topological polar surface area (TPSA) is 99.5 Å². The predicted molar refractivity (Wildman–Crippen MR) is 71.6 cm³/mol. The van der Waals surface area contributed by atoms with Gasteiger partial charge in [-0.15, -0.1) is 0 Å². The van der Waals surface area contributed by atoms with Gasteiger partial charge in [-0.05, 0) is 35.9 Å². The van der Waals surface area contributed by atoms with Crippen LogP contribution < -0.4 is 5.32 Å². The van der Waals surface area contributed by atoms with Gasteiger partial charge in [-0.3, -0.25) is 9.78 Å². The number of carbonyl (C=O) groups is 2. The van der Waals surface area contributed by atoms with E-state index in [1.165, 1.54) is 12.1 Å². The number of hydrogen-bond acceptors (Lipinski definition) is 4. The molecule has 1 aromatic heterocycles. The highest BCUT2D eigenvalue weighted by Gasteiger charge is 2.13. The van der Waals surface area contributed by atoms with Crippen molar-refractivity contribution in [1.82, 2.24) is 4.98 Å². The lowest BCUT2D eigenvalue weighted by molar-refractivity contribution is -0.115. The van der Waals surface area contributed by atoms with Gasteiger partial charge in [-0.1, -0.05) is 0 Å². The first-order chi connectivity index (χ1) is 9.56. The van der Waals surface area contributed by atoms with Gasteiger partial charge in [0.25, 0.3) is 0 Å². The number of rotatable bonds is 4. The van der Waals surface area contributed by atoms with Gasteiger partial charge in [0.1, 0.15) is 5.75 Å². The molecule has 0 saturated heterocycles. The molecule has 0 radical (unpaired) electrons. The van der Waals surface area contributed by atoms with Crippen LogP contribution in [0.15, 0.2) is 42.7 Å². The van der Waals surface area contributed by atoms with E-state index in [0.29, 0.717) is 0 Å². The summed E-state index contributed by atoms with van der Waals surface area (Å²) in [5.41, 5.74) is 0.760. The molecule has 1 amide bonds. The van der Waals surface area contributed by atoms with E-state index < -0.39 is 5.97 Å². The zero-order chi connectivity index (χ0) is 14.5. The molecule has 2 rings (SSSR count). The molecular weight excluding hydrogens is 260 g/mol. The third-order valence-corrected chi connectivity index (χ3v) is 2.62. The first-order valence-electron chi connectivity index (χ1n) is 5.81. The Balaban J connectivity index is 2.14. The van der Waals surface area contributed by atoms with Gasteiger partial charge in [0.2, 0.25) is 5.91 Å². The summed E-state index contributed by atoms with van der Waals surface area (Å²) in [6.07, 6.45) is 3.26. The van der Waals surface area contributed by atoms with Crippen molar-refractivity contribution in [3.8, 4) is 5.75 Å². The van der Waals surface area contributed by atoms with Crippen LogP contribution in [0.2, 0.25) is 0 Å². The molecule has 1 heterocycles. The van der Waals surface area contributed by atoms with E-state index >= 15 is 0 Å². The summed E-state index contributed by atoms with van der Waals surface area (Å²) in [4.78, 5) is 26.7. The Morgan fingerprint density at radius 3 is 2.50 bits per heavy atom. The van der Waals surface area contributed by atoms with Crippen LogP contribution in [0.5, 0.6) is 5.75 Å². The number of hydrogen-bond donors (Lipinski definition) is 3. The average Bonchev–Trinajstić information content (AvgIpc) is 2.41. The third kappa shape index (κ3) is 3.32. The number of benzene rings is 1. The van der Waals surface area contributed by atoms with Gasteiger partial charge in [0.05, 0.1) is 17.7 Å². The minimum absolute atomic E-state index is 0.114. The number of carboxylic acid groups (broad SMARTS) is 1. The van der Waals surface area contributed by atoms with Crippen LogP contribution in [0.1, 0.15) is 15.9 Å². The normalized spacial score (nSPS) is 10.0. The predicted octanol–water partition coefficient (Wildman–Crippen LogP) is 1.67. The zero-order valence-electron chi connectivity index (χ0n) is 10.4. The molecule has 20 heavy (non-hydrogen) atoms. The number of anilines is 1. The Hall–Kier alpha value is -2.89. The number of pyridine rings is 1. The molecule has 0 fully saturated rings. The van der Waals surface area contributed by atoms with Crippen LogP contribution in [-0.2, 0) is 11.2 Å². The Labute approximate surface area is 114 Å². The first kappa shape index (κ1) is 13.5. The average molecular weight is 272 g/mol. The number of aromatic carboxylic acids is 1. The Kier molecular flexibility index (Phi) is 3.95. The molecule has 0 saturated carbocycles. The Morgan fingerprint density at radius 2 is 1.85 bits per heavy atom. The summed E-state index contributed by atoms with van der Waals surface area (Å²) in [7, 11) is 0. The quantitative estimate of drug-likeness (QED) is 0.735. The molecule has 0 unspecified atom stereocenters. The fraction of sp³-hybridized carbons (Fsp3) is 0.0714. The summed E-state index contributed by atoms with van der Waals surface area (Å²) in [5, 5.41) is 20.8. The van der Waals surface area contributed by atoms with Crippen LogP contribution in [-0.4, -0.2) is 27.1 Å². The molecule has 0 aliphatic heterocycles. The SMILES string of the molecule is O=C(Cc1ccncc1)Nc1ccc(O)cc1C(=O)O. The van der Waals surface area contributed by atoms with Crippen molar-refractivity contribution in [2.75, 3.05) is 5.32 Å². The number of nitrogens with one attached hydrogen (secondary N) is 1. The Bertz CT molecular complexity index is 641. The van der Waals surface area contributed by atoms with Gasteiger partial charge in [-0.25, -0.2) is 4.79 Å². The van der Waals surface area contributed by atoms with Gasteiger partial charge in [-0.2, -0.15) is 0 Å². The van der Waals surface area contributed by atoms with E-state index in [0.717, 1.165) is 11.6 Å². The number of carboxylic acids is 1. The van der Waals surface area contributed by atoms with Crippen LogP contribution in [0, 0.1) is 0 Å². The number of nitrogens with zero attached hydrogens (tertiary/aromatic N) is 1. The monoisotopic (exact) mass is 272 g/mol. The molecule has 0 atom stereocenters. The maximum absolute atomic E-state index is 11.9. The molecule has 6 heteroatoms. The highest BCUT2D eigenvalue weighted by molar-refractivity contribution is 6.01. The number of phenolic OH excluding ortho intramolecular Hbond substituents is 1. The van der Waals surface area contributed by atoms with E-state index in [4.69, 9.17) is 5.11 Å². The fourth-order valence-corrected chi connectivity index (χ4v) is 1.70. The smallest absolute Gasteiger partial charge is 0.337 e. The number of amides is 1. The summed E-state index contributed by atoms with van der Waals surface area (Å²) in [5.74, 6) is -1.74. The van der Waals surface area contributed by atoms with Gasteiger partial charge >= 0.3 is 5.97 Å². The van der Waals surface area contributed by atoms with Crippen molar-refractivity contribution < 1.29 is 19.8 Å². The molecule has 0 bridgehead atoms. The lowest BCUT2D eigenvalue weighted by Gasteiger charge is -2.09. The third-order valence-electron chi connectivity index (χ3n) is 2.62. The van der Waals surface area contributed by atoms with Crippen molar-refractivity contribution >= 4 is 17.6 Å². The van der Waals surface area contributed by atoms with E-state index in [2.05, 4.69) is 10.3 Å². The highest BCUT2D eigenvalue weighted by Crippen LogP contribution is 2.21. The molecule has 0 aliphatic rings. The van der Waals surface area contributed by atoms with E-state index in [1.54, 1.807) is 24.5 Å². The van der Waals surface area contributed by atoms with Crippen molar-refractivity contribution in [2.45, 2.75) is 6.42 Å². The lowest BCUT2D eigenvalue weighted by atomic mass is 10.1. The minimum atomic E-state index is -1.22. The van der Waals surface area contributed by atoms with Crippen LogP contribution >= 0.6 is 0 Å². The van der Waals surface area contributed by atoms with Gasteiger partial charge < -0.3 is 15.5 Å². The summed E-state index contributed by atoms with van der Waals surface area (Å²) >= 11 is 0. The summed E-state index contributed by atoms with van der Waals surface area (Å²) < 4.78 is 0.